The Kier molecular flexibility index (Phi) is 6.82. The van der Waals surface area contributed by atoms with E-state index < -0.39 is 6.04 Å². The van der Waals surface area contributed by atoms with Crippen LogP contribution in [0.15, 0.2) is 30.3 Å². The summed E-state index contributed by atoms with van der Waals surface area (Å²) in [5.74, 6) is -0.244. The molecule has 0 radical (unpaired) electrons. The summed E-state index contributed by atoms with van der Waals surface area (Å²) >= 11 is 0. The number of benzene rings is 1. The van der Waals surface area contributed by atoms with E-state index in [2.05, 4.69) is 29.4 Å². The molecule has 6 nitrogen and oxygen atoms in total. The Morgan fingerprint density at radius 2 is 1.84 bits per heavy atom. The van der Waals surface area contributed by atoms with Crippen LogP contribution in [0, 0.1) is 5.92 Å². The first-order valence-electron chi connectivity index (χ1n) is 8.99. The van der Waals surface area contributed by atoms with Gasteiger partial charge in [-0.05, 0) is 30.9 Å². The van der Waals surface area contributed by atoms with Gasteiger partial charge in [-0.15, -0.1) is 0 Å². The molecule has 1 fully saturated rings. The maximum absolute atomic E-state index is 12.3. The number of para-hydroxylation sites is 1. The van der Waals surface area contributed by atoms with Crippen molar-refractivity contribution in [2.24, 2.45) is 11.7 Å². The van der Waals surface area contributed by atoms with Crippen molar-refractivity contribution in [3.63, 3.8) is 0 Å². The van der Waals surface area contributed by atoms with Crippen LogP contribution in [0.2, 0.25) is 0 Å². The van der Waals surface area contributed by atoms with E-state index in [-0.39, 0.29) is 24.3 Å². The number of carbonyl (C=O) groups is 2. The minimum Gasteiger partial charge on any atom is -0.371 e. The van der Waals surface area contributed by atoms with E-state index in [9.17, 15) is 9.59 Å². The van der Waals surface area contributed by atoms with E-state index in [0.717, 1.165) is 12.8 Å². The van der Waals surface area contributed by atoms with E-state index >= 15 is 0 Å². The molecule has 6 heteroatoms. The van der Waals surface area contributed by atoms with E-state index in [1.807, 2.05) is 36.9 Å². The molecular weight excluding hydrogens is 316 g/mol. The minimum atomic E-state index is -0.571. The number of nitrogens with zero attached hydrogens (tertiary/aromatic N) is 2. The first kappa shape index (κ1) is 19.2. The molecule has 138 valence electrons. The van der Waals surface area contributed by atoms with Gasteiger partial charge in [0.05, 0.1) is 12.6 Å². The Bertz CT molecular complexity index is 568. The van der Waals surface area contributed by atoms with Gasteiger partial charge in [0.2, 0.25) is 11.8 Å². The fraction of sp³-hybridized carbons (Fsp3) is 0.579. The van der Waals surface area contributed by atoms with Crippen LogP contribution in [0.4, 0.5) is 5.69 Å². The normalized spacial score (nSPS) is 16.6. The molecule has 2 amide bonds. The average Bonchev–Trinajstić information content (AvgIpc) is 2.65. The number of nitrogens with one attached hydrogen (secondary N) is 1. The maximum atomic E-state index is 12.3. The largest absolute Gasteiger partial charge is 0.371 e. The van der Waals surface area contributed by atoms with Crippen molar-refractivity contribution < 1.29 is 9.59 Å². The lowest BCUT2D eigenvalue weighted by Gasteiger charge is -2.38. The van der Waals surface area contributed by atoms with Crippen LogP contribution in [-0.4, -0.2) is 55.5 Å². The van der Waals surface area contributed by atoms with Gasteiger partial charge in [0.1, 0.15) is 0 Å². The van der Waals surface area contributed by atoms with Crippen molar-refractivity contribution in [1.82, 2.24) is 10.2 Å². The number of anilines is 1. The Morgan fingerprint density at radius 3 is 2.40 bits per heavy atom. The molecule has 1 heterocycles. The third kappa shape index (κ3) is 5.19. The summed E-state index contributed by atoms with van der Waals surface area (Å²) in [7, 11) is 2.10. The van der Waals surface area contributed by atoms with Crippen LogP contribution >= 0.6 is 0 Å². The highest BCUT2D eigenvalue weighted by Gasteiger charge is 2.26. The van der Waals surface area contributed by atoms with Gasteiger partial charge in [-0.3, -0.25) is 9.59 Å². The third-order valence-electron chi connectivity index (χ3n) is 4.96. The second kappa shape index (κ2) is 8.85. The summed E-state index contributed by atoms with van der Waals surface area (Å²) in [6.45, 7) is 5.23. The van der Waals surface area contributed by atoms with E-state index in [1.54, 1.807) is 0 Å². The Balaban J connectivity index is 1.78. The van der Waals surface area contributed by atoms with Gasteiger partial charge in [-0.2, -0.15) is 0 Å². The highest BCUT2D eigenvalue weighted by atomic mass is 16.2. The van der Waals surface area contributed by atoms with Gasteiger partial charge in [-0.1, -0.05) is 32.0 Å². The van der Waals surface area contributed by atoms with E-state index in [1.165, 1.54) is 5.69 Å². The monoisotopic (exact) mass is 346 g/mol. The van der Waals surface area contributed by atoms with Crippen LogP contribution in [0.5, 0.6) is 0 Å². The molecule has 1 aliphatic rings. The Hall–Kier alpha value is -2.08. The number of likely N-dealkylation sites (tertiary alicyclic amines) is 1. The van der Waals surface area contributed by atoms with Crippen molar-refractivity contribution in [1.29, 1.82) is 0 Å². The van der Waals surface area contributed by atoms with Gasteiger partial charge in [0, 0.05) is 31.9 Å². The smallest absolute Gasteiger partial charge is 0.241 e. The molecule has 0 unspecified atom stereocenters. The quantitative estimate of drug-likeness (QED) is 0.812. The summed E-state index contributed by atoms with van der Waals surface area (Å²) in [5, 5.41) is 2.66. The first-order valence-corrected chi connectivity index (χ1v) is 8.99. The molecule has 0 aromatic heterocycles. The molecule has 0 bridgehead atoms. The molecule has 2 rings (SSSR count). The first-order chi connectivity index (χ1) is 11.9. The SMILES string of the molecule is CC(C)[C@H](N)C(=O)NCC(=O)N1CCC(N(C)c2ccccc2)CC1. The molecular formula is C19H30N4O2. The van der Waals surface area contributed by atoms with Gasteiger partial charge in [0.25, 0.3) is 0 Å². The average molecular weight is 346 g/mol. The lowest BCUT2D eigenvalue weighted by Crippen LogP contribution is -2.50. The van der Waals surface area contributed by atoms with E-state index in [4.69, 9.17) is 5.73 Å². The number of piperidine rings is 1. The number of hydrogen-bond acceptors (Lipinski definition) is 4. The second-order valence-electron chi connectivity index (χ2n) is 7.05. The summed E-state index contributed by atoms with van der Waals surface area (Å²) in [4.78, 5) is 28.3. The fourth-order valence-electron chi connectivity index (χ4n) is 3.07. The molecule has 25 heavy (non-hydrogen) atoms. The number of carbonyl (C=O) groups excluding carboxylic acids is 2. The topological polar surface area (TPSA) is 78.7 Å². The van der Waals surface area contributed by atoms with Crippen molar-refractivity contribution in [3.8, 4) is 0 Å². The van der Waals surface area contributed by atoms with Gasteiger partial charge < -0.3 is 20.9 Å². The number of hydrogen-bond donors (Lipinski definition) is 2. The molecule has 1 aliphatic heterocycles. The molecule has 0 aliphatic carbocycles. The van der Waals surface area contributed by atoms with Crippen molar-refractivity contribution in [3.05, 3.63) is 30.3 Å². The zero-order chi connectivity index (χ0) is 18.4. The predicted molar refractivity (Wildman–Crippen MR) is 100 cm³/mol. The lowest BCUT2D eigenvalue weighted by molar-refractivity contribution is -0.134. The second-order valence-corrected chi connectivity index (χ2v) is 7.05. The van der Waals surface area contributed by atoms with Crippen LogP contribution in [0.25, 0.3) is 0 Å². The highest BCUT2D eigenvalue weighted by Crippen LogP contribution is 2.21. The summed E-state index contributed by atoms with van der Waals surface area (Å²) in [6.07, 6.45) is 1.85. The zero-order valence-corrected chi connectivity index (χ0v) is 15.4. The number of amides is 2. The molecule has 1 atom stereocenters. The number of rotatable bonds is 6. The summed E-state index contributed by atoms with van der Waals surface area (Å²) in [6, 6.07) is 10.1. The Morgan fingerprint density at radius 1 is 1.24 bits per heavy atom. The zero-order valence-electron chi connectivity index (χ0n) is 15.4. The van der Waals surface area contributed by atoms with Crippen LogP contribution < -0.4 is 16.0 Å². The molecule has 1 saturated heterocycles. The van der Waals surface area contributed by atoms with Crippen LogP contribution in [0.1, 0.15) is 26.7 Å². The highest BCUT2D eigenvalue weighted by molar-refractivity contribution is 5.87. The van der Waals surface area contributed by atoms with Crippen molar-refractivity contribution in [2.75, 3.05) is 31.6 Å². The van der Waals surface area contributed by atoms with Gasteiger partial charge in [0.15, 0.2) is 0 Å². The summed E-state index contributed by atoms with van der Waals surface area (Å²) < 4.78 is 0. The molecule has 0 spiro atoms. The number of nitrogens with two attached hydrogens (primary N) is 1. The lowest BCUT2D eigenvalue weighted by atomic mass is 10.0. The third-order valence-corrected chi connectivity index (χ3v) is 4.96. The minimum absolute atomic E-state index is 0.0262. The van der Waals surface area contributed by atoms with Crippen molar-refractivity contribution >= 4 is 17.5 Å². The molecule has 0 saturated carbocycles. The van der Waals surface area contributed by atoms with Crippen LogP contribution in [-0.2, 0) is 9.59 Å². The van der Waals surface area contributed by atoms with E-state index in [0.29, 0.717) is 19.1 Å². The molecule has 3 N–H and O–H groups in total. The molecule has 1 aromatic carbocycles. The van der Waals surface area contributed by atoms with Gasteiger partial charge in [-0.25, -0.2) is 0 Å². The van der Waals surface area contributed by atoms with Crippen LogP contribution in [0.3, 0.4) is 0 Å². The van der Waals surface area contributed by atoms with Crippen molar-refractivity contribution in [2.45, 2.75) is 38.8 Å². The van der Waals surface area contributed by atoms with Gasteiger partial charge >= 0.3 is 0 Å². The predicted octanol–water partition coefficient (Wildman–Crippen LogP) is 1.21. The fourth-order valence-corrected chi connectivity index (χ4v) is 3.07. The summed E-state index contributed by atoms with van der Waals surface area (Å²) in [5.41, 5.74) is 6.99. The standard InChI is InChI=1S/C19H30N4O2/c1-14(2)18(20)19(25)21-13-17(24)23-11-9-16(10-12-23)22(3)15-7-5-4-6-8-15/h4-8,14,16,18H,9-13,20H2,1-3H3,(H,21,25)/t18-/m0/s1. The molecule has 1 aromatic rings. The Labute approximate surface area is 150 Å². The maximum Gasteiger partial charge on any atom is 0.241 e.